The van der Waals surface area contributed by atoms with Crippen LogP contribution in [0.2, 0.25) is 0 Å². The number of carbonyl (C=O) groups is 1. The van der Waals surface area contributed by atoms with E-state index in [-0.39, 0.29) is 0 Å². The molecule has 21 heavy (non-hydrogen) atoms. The Morgan fingerprint density at radius 3 is 2.86 bits per heavy atom. The third-order valence-corrected chi connectivity index (χ3v) is 3.47. The number of aliphatic hydroxyl groups is 1. The molecule has 1 aromatic heterocycles. The van der Waals surface area contributed by atoms with E-state index in [2.05, 4.69) is 15.3 Å². The maximum atomic E-state index is 11.7. The SMILES string of the molecule is CCOC(=O)c1cnc(NCC2(O)CCOCC2)nc1C. The van der Waals surface area contributed by atoms with Gasteiger partial charge < -0.3 is 19.9 Å². The minimum Gasteiger partial charge on any atom is -0.462 e. The summed E-state index contributed by atoms with van der Waals surface area (Å²) in [5, 5.41) is 13.4. The van der Waals surface area contributed by atoms with Crippen LogP contribution in [0.5, 0.6) is 0 Å². The zero-order valence-electron chi connectivity index (χ0n) is 12.4. The van der Waals surface area contributed by atoms with Gasteiger partial charge in [-0.05, 0) is 13.8 Å². The summed E-state index contributed by atoms with van der Waals surface area (Å²) in [4.78, 5) is 20.0. The quantitative estimate of drug-likeness (QED) is 0.780. The van der Waals surface area contributed by atoms with Gasteiger partial charge in [-0.2, -0.15) is 0 Å². The first kappa shape index (κ1) is 15.7. The number of hydrogen-bond donors (Lipinski definition) is 2. The number of rotatable bonds is 5. The van der Waals surface area contributed by atoms with Gasteiger partial charge in [0.25, 0.3) is 0 Å². The van der Waals surface area contributed by atoms with Crippen molar-refractivity contribution < 1.29 is 19.4 Å². The zero-order chi connectivity index (χ0) is 15.3. The van der Waals surface area contributed by atoms with Crippen molar-refractivity contribution in [1.82, 2.24) is 9.97 Å². The second-order valence-corrected chi connectivity index (χ2v) is 5.10. The third-order valence-electron chi connectivity index (χ3n) is 3.47. The fourth-order valence-electron chi connectivity index (χ4n) is 2.13. The van der Waals surface area contributed by atoms with Crippen molar-refractivity contribution in [2.75, 3.05) is 31.7 Å². The van der Waals surface area contributed by atoms with Crippen LogP contribution >= 0.6 is 0 Å². The number of anilines is 1. The Labute approximate surface area is 123 Å². The molecule has 116 valence electrons. The highest BCUT2D eigenvalue weighted by atomic mass is 16.5. The summed E-state index contributed by atoms with van der Waals surface area (Å²) in [6.07, 6.45) is 2.61. The van der Waals surface area contributed by atoms with E-state index >= 15 is 0 Å². The fourth-order valence-corrected chi connectivity index (χ4v) is 2.13. The molecular formula is C14H21N3O4. The predicted octanol–water partition coefficient (Wildman–Crippen LogP) is 0.915. The largest absolute Gasteiger partial charge is 0.462 e. The predicted molar refractivity (Wildman–Crippen MR) is 76.2 cm³/mol. The molecule has 0 unspecified atom stereocenters. The van der Waals surface area contributed by atoms with Gasteiger partial charge in [-0.25, -0.2) is 14.8 Å². The molecular weight excluding hydrogens is 274 g/mol. The first-order valence-electron chi connectivity index (χ1n) is 7.09. The minimum absolute atomic E-state index is 0.313. The van der Waals surface area contributed by atoms with Crippen LogP contribution in [0, 0.1) is 6.92 Å². The molecule has 2 rings (SSSR count). The van der Waals surface area contributed by atoms with Crippen LogP contribution in [0.25, 0.3) is 0 Å². The van der Waals surface area contributed by atoms with Crippen LogP contribution in [-0.2, 0) is 9.47 Å². The summed E-state index contributed by atoms with van der Waals surface area (Å²) in [5.74, 6) is -0.0370. The molecule has 0 amide bonds. The maximum absolute atomic E-state index is 11.7. The van der Waals surface area contributed by atoms with Crippen molar-refractivity contribution in [2.24, 2.45) is 0 Å². The Bertz CT molecular complexity index is 501. The third kappa shape index (κ3) is 4.12. The van der Waals surface area contributed by atoms with Crippen molar-refractivity contribution in [3.05, 3.63) is 17.5 Å². The molecule has 0 atom stereocenters. The van der Waals surface area contributed by atoms with E-state index in [0.717, 1.165) is 0 Å². The van der Waals surface area contributed by atoms with Gasteiger partial charge in [-0.1, -0.05) is 0 Å². The highest BCUT2D eigenvalue weighted by Gasteiger charge is 2.29. The molecule has 1 saturated heterocycles. The molecule has 0 aliphatic carbocycles. The molecule has 7 heteroatoms. The second-order valence-electron chi connectivity index (χ2n) is 5.10. The molecule has 0 aromatic carbocycles. The number of carbonyl (C=O) groups excluding carboxylic acids is 1. The number of aromatic nitrogens is 2. The van der Waals surface area contributed by atoms with Gasteiger partial charge in [-0.3, -0.25) is 0 Å². The van der Waals surface area contributed by atoms with E-state index in [9.17, 15) is 9.90 Å². The van der Waals surface area contributed by atoms with Crippen LogP contribution in [0.4, 0.5) is 5.95 Å². The highest BCUT2D eigenvalue weighted by molar-refractivity contribution is 5.90. The lowest BCUT2D eigenvalue weighted by molar-refractivity contribution is -0.0544. The minimum atomic E-state index is -0.796. The normalized spacial score (nSPS) is 17.3. The van der Waals surface area contributed by atoms with Crippen LogP contribution in [0.1, 0.15) is 35.8 Å². The molecule has 0 radical (unpaired) electrons. The van der Waals surface area contributed by atoms with E-state index in [1.54, 1.807) is 13.8 Å². The van der Waals surface area contributed by atoms with E-state index in [4.69, 9.17) is 9.47 Å². The van der Waals surface area contributed by atoms with E-state index in [0.29, 0.717) is 56.4 Å². The Balaban J connectivity index is 1.98. The average Bonchev–Trinajstić information content (AvgIpc) is 2.46. The van der Waals surface area contributed by atoms with Gasteiger partial charge >= 0.3 is 5.97 Å². The van der Waals surface area contributed by atoms with Crippen LogP contribution in [0.15, 0.2) is 6.20 Å². The standard InChI is InChI=1S/C14H21N3O4/c1-3-21-12(18)11-8-15-13(17-10(11)2)16-9-14(19)4-6-20-7-5-14/h8,19H,3-7,9H2,1-2H3,(H,15,16,17). The molecule has 0 spiro atoms. The summed E-state index contributed by atoms with van der Waals surface area (Å²) in [7, 11) is 0. The van der Waals surface area contributed by atoms with Gasteiger partial charge in [0.05, 0.1) is 23.5 Å². The van der Waals surface area contributed by atoms with Gasteiger partial charge in [-0.15, -0.1) is 0 Å². The van der Waals surface area contributed by atoms with E-state index < -0.39 is 11.6 Å². The van der Waals surface area contributed by atoms with Gasteiger partial charge in [0, 0.05) is 38.8 Å². The summed E-state index contributed by atoms with van der Waals surface area (Å²) < 4.78 is 10.2. The molecule has 1 aromatic rings. The fraction of sp³-hybridized carbons (Fsp3) is 0.643. The topological polar surface area (TPSA) is 93.6 Å². The van der Waals surface area contributed by atoms with Gasteiger partial charge in [0.2, 0.25) is 5.95 Å². The van der Waals surface area contributed by atoms with Crippen molar-refractivity contribution in [1.29, 1.82) is 0 Å². The monoisotopic (exact) mass is 295 g/mol. The Kier molecular flexibility index (Phi) is 5.08. The summed E-state index contributed by atoms with van der Waals surface area (Å²) >= 11 is 0. The first-order chi connectivity index (χ1) is 10.0. The molecule has 0 bridgehead atoms. The summed E-state index contributed by atoms with van der Waals surface area (Å²) in [6.45, 7) is 5.25. The Morgan fingerprint density at radius 1 is 1.52 bits per heavy atom. The van der Waals surface area contributed by atoms with Crippen molar-refractivity contribution in [2.45, 2.75) is 32.3 Å². The lowest BCUT2D eigenvalue weighted by Crippen LogP contribution is -2.42. The summed E-state index contributed by atoms with van der Waals surface area (Å²) in [5.41, 5.74) is 0.104. The van der Waals surface area contributed by atoms with E-state index in [1.165, 1.54) is 6.20 Å². The molecule has 1 fully saturated rings. The lowest BCUT2D eigenvalue weighted by atomic mass is 9.94. The van der Waals surface area contributed by atoms with Crippen molar-refractivity contribution in [3.8, 4) is 0 Å². The smallest absolute Gasteiger partial charge is 0.341 e. The molecule has 2 N–H and O–H groups in total. The average molecular weight is 295 g/mol. The molecule has 1 aliphatic heterocycles. The second kappa shape index (κ2) is 6.82. The van der Waals surface area contributed by atoms with Crippen molar-refractivity contribution >= 4 is 11.9 Å². The Hall–Kier alpha value is -1.73. The highest BCUT2D eigenvalue weighted by Crippen LogP contribution is 2.20. The number of nitrogens with zero attached hydrogens (tertiary/aromatic N) is 2. The lowest BCUT2D eigenvalue weighted by Gasteiger charge is -2.32. The number of ether oxygens (including phenoxy) is 2. The van der Waals surface area contributed by atoms with Gasteiger partial charge in [0.1, 0.15) is 0 Å². The van der Waals surface area contributed by atoms with Gasteiger partial charge in [0.15, 0.2) is 0 Å². The number of esters is 1. The molecule has 2 heterocycles. The first-order valence-corrected chi connectivity index (χ1v) is 7.09. The molecule has 1 aliphatic rings. The Morgan fingerprint density at radius 2 is 2.24 bits per heavy atom. The van der Waals surface area contributed by atoms with Crippen LogP contribution in [0.3, 0.4) is 0 Å². The van der Waals surface area contributed by atoms with Crippen LogP contribution < -0.4 is 5.32 Å². The zero-order valence-corrected chi connectivity index (χ0v) is 12.4. The molecule has 0 saturated carbocycles. The summed E-state index contributed by atoms with van der Waals surface area (Å²) in [6, 6.07) is 0. The number of aryl methyl sites for hydroxylation is 1. The maximum Gasteiger partial charge on any atom is 0.341 e. The number of hydrogen-bond acceptors (Lipinski definition) is 7. The molecule has 7 nitrogen and oxygen atoms in total. The van der Waals surface area contributed by atoms with Crippen LogP contribution in [-0.4, -0.2) is 53.0 Å². The van der Waals surface area contributed by atoms with E-state index in [1.807, 2.05) is 0 Å². The van der Waals surface area contributed by atoms with Crippen molar-refractivity contribution in [3.63, 3.8) is 0 Å². The number of nitrogens with one attached hydrogen (secondary N) is 1.